The summed E-state index contributed by atoms with van der Waals surface area (Å²) in [4.78, 5) is 21.6. The summed E-state index contributed by atoms with van der Waals surface area (Å²) in [5.74, 6) is 1.63. The van der Waals surface area contributed by atoms with E-state index in [2.05, 4.69) is 14.1 Å². The molecular weight excluding hydrogens is 498 g/mol. The number of hydrogen-bond donors (Lipinski definition) is 1. The fourth-order valence-electron chi connectivity index (χ4n) is 4.41. The second kappa shape index (κ2) is 11.2. The normalized spacial score (nSPS) is 14.8. The van der Waals surface area contributed by atoms with Gasteiger partial charge in [0.05, 0.1) is 19.9 Å². The molecule has 2 heterocycles. The Bertz CT molecular complexity index is 1310. The van der Waals surface area contributed by atoms with Gasteiger partial charge in [-0.25, -0.2) is 9.78 Å². The number of amides is 1. The molecule has 0 aliphatic carbocycles. The summed E-state index contributed by atoms with van der Waals surface area (Å²) in [5.41, 5.74) is 2.40. The van der Waals surface area contributed by atoms with E-state index in [0.717, 1.165) is 49.5 Å². The number of imidazole rings is 1. The molecule has 1 saturated heterocycles. The summed E-state index contributed by atoms with van der Waals surface area (Å²) >= 11 is 0. The predicted octanol–water partition coefficient (Wildman–Crippen LogP) is 2.71. The topological polar surface area (TPSA) is 129 Å². The van der Waals surface area contributed by atoms with Crippen molar-refractivity contribution in [2.24, 2.45) is 5.14 Å². The third kappa shape index (κ3) is 6.79. The zero-order valence-electron chi connectivity index (χ0n) is 21.0. The molecule has 3 aromatic rings. The van der Waals surface area contributed by atoms with Crippen LogP contribution in [0, 0.1) is 0 Å². The Balaban J connectivity index is 1.33. The van der Waals surface area contributed by atoms with Crippen LogP contribution in [-0.4, -0.2) is 74.2 Å². The molecule has 1 fully saturated rings. The van der Waals surface area contributed by atoms with Crippen LogP contribution >= 0.6 is 0 Å². The minimum atomic E-state index is -4.09. The summed E-state index contributed by atoms with van der Waals surface area (Å²) in [6.07, 6.45) is 4.85. The van der Waals surface area contributed by atoms with Crippen LogP contribution in [0.3, 0.4) is 0 Å². The van der Waals surface area contributed by atoms with Crippen LogP contribution in [0.2, 0.25) is 0 Å². The quantitative estimate of drug-likeness (QED) is 0.472. The lowest BCUT2D eigenvalue weighted by Gasteiger charge is -2.36. The highest BCUT2D eigenvalue weighted by Crippen LogP contribution is 2.26. The lowest BCUT2D eigenvalue weighted by atomic mass is 10.0. The van der Waals surface area contributed by atoms with E-state index in [1.54, 1.807) is 37.4 Å². The van der Waals surface area contributed by atoms with Crippen LogP contribution in [0.25, 0.3) is 11.3 Å². The number of carbonyl (C=O) groups is 1. The molecule has 4 rings (SSSR count). The van der Waals surface area contributed by atoms with Crippen molar-refractivity contribution >= 4 is 16.3 Å². The fraction of sp³-hybridized carbons (Fsp3) is 0.360. The molecule has 2 aromatic carbocycles. The molecule has 11 nitrogen and oxygen atoms in total. The molecule has 0 unspecified atom stereocenters. The van der Waals surface area contributed by atoms with Gasteiger partial charge in [-0.2, -0.15) is 13.6 Å². The van der Waals surface area contributed by atoms with Gasteiger partial charge in [-0.1, -0.05) is 0 Å². The lowest BCUT2D eigenvalue weighted by molar-refractivity contribution is 0.131. The van der Waals surface area contributed by atoms with Crippen LogP contribution in [0.15, 0.2) is 55.0 Å². The van der Waals surface area contributed by atoms with E-state index in [1.165, 1.54) is 23.0 Å². The SMILES string of the molecule is COc1cc(CN2CCC(N(C)C(=O)n3cnc(-c4ccc(OS(N)(=O)=O)cc4)c3)CC2)cc(OC)c1. The van der Waals surface area contributed by atoms with Gasteiger partial charge in [0.25, 0.3) is 0 Å². The van der Waals surface area contributed by atoms with E-state index >= 15 is 0 Å². The molecule has 1 aliphatic rings. The Morgan fingerprint density at radius 1 is 1.05 bits per heavy atom. The average molecular weight is 530 g/mol. The molecule has 12 heteroatoms. The first-order chi connectivity index (χ1) is 17.6. The smallest absolute Gasteiger partial charge is 0.380 e. The Hall–Kier alpha value is -3.61. The summed E-state index contributed by atoms with van der Waals surface area (Å²) in [6, 6.07) is 12.1. The summed E-state index contributed by atoms with van der Waals surface area (Å²) in [5, 5.41) is 4.89. The van der Waals surface area contributed by atoms with Gasteiger partial charge in [-0.3, -0.25) is 9.47 Å². The maximum Gasteiger partial charge on any atom is 0.380 e. The first-order valence-corrected chi connectivity index (χ1v) is 13.2. The largest absolute Gasteiger partial charge is 0.497 e. The minimum absolute atomic E-state index is 0.0957. The van der Waals surface area contributed by atoms with E-state index < -0.39 is 10.3 Å². The van der Waals surface area contributed by atoms with Gasteiger partial charge in [0, 0.05) is 50.6 Å². The molecule has 0 bridgehead atoms. The van der Waals surface area contributed by atoms with E-state index in [9.17, 15) is 13.2 Å². The van der Waals surface area contributed by atoms with Crippen molar-refractivity contribution in [3.8, 4) is 28.5 Å². The summed E-state index contributed by atoms with van der Waals surface area (Å²) in [7, 11) is 1.01. The highest BCUT2D eigenvalue weighted by Gasteiger charge is 2.26. The number of ether oxygens (including phenoxy) is 2. The third-order valence-corrected chi connectivity index (χ3v) is 6.81. The van der Waals surface area contributed by atoms with Crippen molar-refractivity contribution in [3.05, 3.63) is 60.6 Å². The number of rotatable bonds is 8. The third-order valence-electron chi connectivity index (χ3n) is 6.39. The molecule has 0 atom stereocenters. The Morgan fingerprint density at radius 2 is 1.68 bits per heavy atom. The number of likely N-dealkylation sites (tertiary alicyclic amines) is 1. The number of methoxy groups -OCH3 is 2. The van der Waals surface area contributed by atoms with Crippen molar-refractivity contribution in [2.45, 2.75) is 25.4 Å². The molecule has 0 spiro atoms. The standard InChI is InChI=1S/C25H31N5O6S/c1-28(20-8-10-29(11-9-20)15-18-12-22(34-2)14-23(13-18)35-3)25(31)30-16-24(27-17-30)19-4-6-21(7-5-19)36-37(26,32)33/h4-7,12-14,16-17,20H,8-11,15H2,1-3H3,(H2,26,32,33). The molecule has 0 radical (unpaired) electrons. The zero-order valence-corrected chi connectivity index (χ0v) is 21.8. The van der Waals surface area contributed by atoms with Gasteiger partial charge in [0.2, 0.25) is 0 Å². The van der Waals surface area contributed by atoms with Crippen molar-refractivity contribution in [1.29, 1.82) is 0 Å². The molecule has 2 N–H and O–H groups in total. The van der Waals surface area contributed by atoms with Gasteiger partial charge in [0.1, 0.15) is 23.6 Å². The number of benzene rings is 2. The molecule has 1 aliphatic heterocycles. The van der Waals surface area contributed by atoms with Crippen LogP contribution in [-0.2, 0) is 16.8 Å². The molecular formula is C25H31N5O6S. The minimum Gasteiger partial charge on any atom is -0.497 e. The fourth-order valence-corrected chi connectivity index (χ4v) is 4.79. The van der Waals surface area contributed by atoms with Crippen molar-refractivity contribution in [1.82, 2.24) is 19.4 Å². The van der Waals surface area contributed by atoms with Gasteiger partial charge >= 0.3 is 16.3 Å². The van der Waals surface area contributed by atoms with Gasteiger partial charge in [-0.05, 0) is 54.8 Å². The highest BCUT2D eigenvalue weighted by atomic mass is 32.2. The van der Waals surface area contributed by atoms with Crippen LogP contribution in [0.4, 0.5) is 4.79 Å². The second-order valence-corrected chi connectivity index (χ2v) is 10.0. The first kappa shape index (κ1) is 26.5. The van der Waals surface area contributed by atoms with Crippen molar-refractivity contribution in [2.75, 3.05) is 34.4 Å². The Labute approximate surface area is 216 Å². The van der Waals surface area contributed by atoms with E-state index in [4.69, 9.17) is 14.6 Å². The van der Waals surface area contributed by atoms with Crippen LogP contribution in [0.1, 0.15) is 18.4 Å². The molecule has 37 heavy (non-hydrogen) atoms. The Kier molecular flexibility index (Phi) is 8.00. The molecule has 1 amide bonds. The summed E-state index contributed by atoms with van der Waals surface area (Å²) < 4.78 is 39.0. The lowest BCUT2D eigenvalue weighted by Crippen LogP contribution is -2.46. The van der Waals surface area contributed by atoms with Crippen molar-refractivity contribution < 1.29 is 26.9 Å². The molecule has 1 aromatic heterocycles. The number of piperidine rings is 1. The maximum absolute atomic E-state index is 13.1. The second-order valence-electron chi connectivity index (χ2n) is 8.89. The van der Waals surface area contributed by atoms with E-state index in [-0.39, 0.29) is 17.8 Å². The number of hydrogen-bond acceptors (Lipinski definition) is 8. The first-order valence-electron chi connectivity index (χ1n) is 11.7. The Morgan fingerprint density at radius 3 is 2.24 bits per heavy atom. The van der Waals surface area contributed by atoms with Crippen LogP contribution < -0.4 is 18.8 Å². The maximum atomic E-state index is 13.1. The van der Waals surface area contributed by atoms with Gasteiger partial charge in [-0.15, -0.1) is 0 Å². The predicted molar refractivity (Wildman–Crippen MR) is 138 cm³/mol. The van der Waals surface area contributed by atoms with E-state index in [1.807, 2.05) is 25.2 Å². The van der Waals surface area contributed by atoms with E-state index in [0.29, 0.717) is 11.3 Å². The average Bonchev–Trinajstić information content (AvgIpc) is 3.38. The number of aromatic nitrogens is 2. The molecule has 198 valence electrons. The zero-order chi connectivity index (χ0) is 26.6. The van der Waals surface area contributed by atoms with Crippen molar-refractivity contribution in [3.63, 3.8) is 0 Å². The monoisotopic (exact) mass is 529 g/mol. The van der Waals surface area contributed by atoms with Gasteiger partial charge < -0.3 is 18.6 Å². The molecule has 0 saturated carbocycles. The number of nitrogens with two attached hydrogens (primary N) is 1. The van der Waals surface area contributed by atoms with Crippen LogP contribution in [0.5, 0.6) is 17.2 Å². The number of carbonyl (C=O) groups excluding carboxylic acids is 1. The van der Waals surface area contributed by atoms with Gasteiger partial charge in [0.15, 0.2) is 0 Å². The summed E-state index contributed by atoms with van der Waals surface area (Å²) in [6.45, 7) is 2.51. The highest BCUT2D eigenvalue weighted by molar-refractivity contribution is 7.84. The number of nitrogens with zero attached hydrogens (tertiary/aromatic N) is 4.